The molecule has 16 heavy (non-hydrogen) atoms. The Kier molecular flexibility index (Phi) is 3.87. The lowest BCUT2D eigenvalue weighted by Gasteiger charge is -2.15. The Morgan fingerprint density at radius 3 is 2.62 bits per heavy atom. The van der Waals surface area contributed by atoms with Gasteiger partial charge in [-0.25, -0.2) is 0 Å². The minimum atomic E-state index is 0.0977. The first-order valence-corrected chi connectivity index (χ1v) is 6.86. The predicted octanol–water partition coefficient (Wildman–Crippen LogP) is 3.47. The number of rotatable bonds is 2. The van der Waals surface area contributed by atoms with Gasteiger partial charge in [0.05, 0.1) is 0 Å². The molecule has 1 amide bonds. The van der Waals surface area contributed by atoms with Gasteiger partial charge in [0.25, 0.3) is 5.91 Å². The normalized spacial score (nSPS) is 15.5. The van der Waals surface area contributed by atoms with Crippen LogP contribution in [0, 0.1) is 0 Å². The zero-order chi connectivity index (χ0) is 11.5. The molecule has 0 aromatic heterocycles. The third-order valence-corrected chi connectivity index (χ3v) is 3.79. The Balaban J connectivity index is 2.20. The summed E-state index contributed by atoms with van der Waals surface area (Å²) in [7, 11) is 0. The molecule has 0 saturated carbocycles. The molecular weight excluding hydrogens is 289 g/mol. The number of nitrogens with zero attached hydrogens (tertiary/aromatic N) is 1. The maximum Gasteiger partial charge on any atom is 0.253 e. The molecule has 1 aromatic rings. The van der Waals surface area contributed by atoms with Crippen LogP contribution in [0.4, 0.5) is 0 Å². The number of amides is 1. The third-order valence-electron chi connectivity index (χ3n) is 2.84. The van der Waals surface area contributed by atoms with Crippen LogP contribution in [-0.4, -0.2) is 23.9 Å². The van der Waals surface area contributed by atoms with Crippen LogP contribution in [0.15, 0.2) is 18.2 Å². The van der Waals surface area contributed by atoms with E-state index in [-0.39, 0.29) is 5.91 Å². The lowest BCUT2D eigenvalue weighted by Crippen LogP contribution is -2.27. The first-order valence-electron chi connectivity index (χ1n) is 5.36. The maximum absolute atomic E-state index is 12.1. The van der Waals surface area contributed by atoms with Crippen LogP contribution in [0.25, 0.3) is 0 Å². The highest BCUT2D eigenvalue weighted by molar-refractivity contribution is 9.08. The highest BCUT2D eigenvalue weighted by Crippen LogP contribution is 2.22. The second kappa shape index (κ2) is 5.19. The molecule has 1 aliphatic heterocycles. The summed E-state index contributed by atoms with van der Waals surface area (Å²) in [6.07, 6.45) is 2.22. The quantitative estimate of drug-likeness (QED) is 0.766. The van der Waals surface area contributed by atoms with E-state index in [1.54, 1.807) is 6.07 Å². The van der Waals surface area contributed by atoms with Crippen molar-refractivity contribution in [1.29, 1.82) is 0 Å². The van der Waals surface area contributed by atoms with Crippen molar-refractivity contribution >= 4 is 33.4 Å². The Morgan fingerprint density at radius 1 is 1.38 bits per heavy atom. The highest BCUT2D eigenvalue weighted by atomic mass is 79.9. The lowest BCUT2D eigenvalue weighted by atomic mass is 10.1. The molecule has 0 spiro atoms. The minimum absolute atomic E-state index is 0.0977. The molecule has 0 atom stereocenters. The van der Waals surface area contributed by atoms with Gasteiger partial charge in [-0.05, 0) is 30.5 Å². The SMILES string of the molecule is O=C(c1ccc(CBr)c(Cl)c1)N1CCCC1. The molecule has 86 valence electrons. The topological polar surface area (TPSA) is 20.3 Å². The van der Waals surface area contributed by atoms with E-state index in [2.05, 4.69) is 15.9 Å². The number of carbonyl (C=O) groups excluding carboxylic acids is 1. The van der Waals surface area contributed by atoms with E-state index in [0.717, 1.165) is 31.5 Å². The molecule has 1 saturated heterocycles. The smallest absolute Gasteiger partial charge is 0.253 e. The van der Waals surface area contributed by atoms with Gasteiger partial charge in [0.2, 0.25) is 0 Å². The zero-order valence-electron chi connectivity index (χ0n) is 8.88. The molecular formula is C12H13BrClNO. The van der Waals surface area contributed by atoms with Gasteiger partial charge in [-0.3, -0.25) is 4.79 Å². The molecule has 1 fully saturated rings. The third kappa shape index (κ3) is 2.41. The van der Waals surface area contributed by atoms with E-state index < -0.39 is 0 Å². The molecule has 2 nitrogen and oxygen atoms in total. The molecule has 0 unspecified atom stereocenters. The van der Waals surface area contributed by atoms with E-state index >= 15 is 0 Å². The monoisotopic (exact) mass is 301 g/mol. The number of halogens is 2. The van der Waals surface area contributed by atoms with Crippen LogP contribution in [0.5, 0.6) is 0 Å². The Labute approximate surface area is 109 Å². The van der Waals surface area contributed by atoms with Crippen LogP contribution >= 0.6 is 27.5 Å². The highest BCUT2D eigenvalue weighted by Gasteiger charge is 2.19. The average molecular weight is 303 g/mol. The first-order chi connectivity index (χ1) is 7.72. The van der Waals surface area contributed by atoms with Crippen molar-refractivity contribution < 1.29 is 4.79 Å². The molecule has 0 N–H and O–H groups in total. The number of hydrogen-bond acceptors (Lipinski definition) is 1. The van der Waals surface area contributed by atoms with Gasteiger partial charge in [-0.2, -0.15) is 0 Å². The van der Waals surface area contributed by atoms with Crippen molar-refractivity contribution in [3.63, 3.8) is 0 Å². The average Bonchev–Trinajstić information content (AvgIpc) is 2.81. The Hall–Kier alpha value is -0.540. The van der Waals surface area contributed by atoms with E-state index in [1.165, 1.54) is 0 Å². The summed E-state index contributed by atoms with van der Waals surface area (Å²) in [4.78, 5) is 13.9. The summed E-state index contributed by atoms with van der Waals surface area (Å²) in [5, 5.41) is 1.37. The summed E-state index contributed by atoms with van der Waals surface area (Å²) in [6, 6.07) is 5.52. The summed E-state index contributed by atoms with van der Waals surface area (Å²) in [5.74, 6) is 0.0977. The molecule has 1 aromatic carbocycles. The number of alkyl halides is 1. The molecule has 0 bridgehead atoms. The van der Waals surface area contributed by atoms with Crippen molar-refractivity contribution in [3.05, 3.63) is 34.3 Å². The van der Waals surface area contributed by atoms with Gasteiger partial charge < -0.3 is 4.90 Å². The number of benzene rings is 1. The number of likely N-dealkylation sites (tertiary alicyclic amines) is 1. The fraction of sp³-hybridized carbons (Fsp3) is 0.417. The summed E-state index contributed by atoms with van der Waals surface area (Å²) in [5.41, 5.74) is 1.70. The standard InChI is InChI=1S/C12H13BrClNO/c13-8-10-4-3-9(7-11(10)14)12(16)15-5-1-2-6-15/h3-4,7H,1-2,5-6,8H2. The molecule has 1 heterocycles. The number of carbonyl (C=O) groups is 1. The van der Waals surface area contributed by atoms with Crippen LogP contribution in [0.1, 0.15) is 28.8 Å². The molecule has 2 rings (SSSR count). The van der Waals surface area contributed by atoms with E-state index in [1.807, 2.05) is 17.0 Å². The molecule has 0 aliphatic carbocycles. The van der Waals surface area contributed by atoms with Crippen LogP contribution in [0.3, 0.4) is 0 Å². The van der Waals surface area contributed by atoms with Gasteiger partial charge in [0.1, 0.15) is 0 Å². The minimum Gasteiger partial charge on any atom is -0.339 e. The largest absolute Gasteiger partial charge is 0.339 e. The van der Waals surface area contributed by atoms with Crippen molar-refractivity contribution in [3.8, 4) is 0 Å². The summed E-state index contributed by atoms with van der Waals surface area (Å²) in [6.45, 7) is 1.74. The summed E-state index contributed by atoms with van der Waals surface area (Å²) < 4.78 is 0. The molecule has 1 aliphatic rings. The van der Waals surface area contributed by atoms with E-state index in [0.29, 0.717) is 15.9 Å². The van der Waals surface area contributed by atoms with Gasteiger partial charge in [0.15, 0.2) is 0 Å². The molecule has 4 heteroatoms. The van der Waals surface area contributed by atoms with Crippen LogP contribution in [-0.2, 0) is 5.33 Å². The van der Waals surface area contributed by atoms with E-state index in [9.17, 15) is 4.79 Å². The van der Waals surface area contributed by atoms with Crippen LogP contribution < -0.4 is 0 Å². The van der Waals surface area contributed by atoms with Crippen molar-refractivity contribution in [2.24, 2.45) is 0 Å². The van der Waals surface area contributed by atoms with Crippen molar-refractivity contribution in [1.82, 2.24) is 4.90 Å². The van der Waals surface area contributed by atoms with Crippen molar-refractivity contribution in [2.75, 3.05) is 13.1 Å². The fourth-order valence-electron chi connectivity index (χ4n) is 1.89. The Bertz CT molecular complexity index is 402. The fourth-order valence-corrected chi connectivity index (χ4v) is 2.79. The zero-order valence-corrected chi connectivity index (χ0v) is 11.2. The predicted molar refractivity (Wildman–Crippen MR) is 69.2 cm³/mol. The second-order valence-electron chi connectivity index (χ2n) is 3.94. The molecule has 0 radical (unpaired) electrons. The van der Waals surface area contributed by atoms with Gasteiger partial charge in [-0.1, -0.05) is 33.6 Å². The lowest BCUT2D eigenvalue weighted by molar-refractivity contribution is 0.0793. The first kappa shape index (κ1) is 11.9. The Morgan fingerprint density at radius 2 is 2.06 bits per heavy atom. The van der Waals surface area contributed by atoms with Gasteiger partial charge in [-0.15, -0.1) is 0 Å². The van der Waals surface area contributed by atoms with Crippen molar-refractivity contribution in [2.45, 2.75) is 18.2 Å². The summed E-state index contributed by atoms with van der Waals surface area (Å²) >= 11 is 9.44. The second-order valence-corrected chi connectivity index (χ2v) is 4.91. The van der Waals surface area contributed by atoms with Gasteiger partial charge in [0, 0.05) is 29.0 Å². The maximum atomic E-state index is 12.1. The van der Waals surface area contributed by atoms with Gasteiger partial charge >= 0.3 is 0 Å². The van der Waals surface area contributed by atoms with Crippen LogP contribution in [0.2, 0.25) is 5.02 Å². The van der Waals surface area contributed by atoms with E-state index in [4.69, 9.17) is 11.6 Å². The number of hydrogen-bond donors (Lipinski definition) is 0.